The molecule has 0 aromatic heterocycles. The molecule has 92 valence electrons. The second kappa shape index (κ2) is 10.6. The lowest BCUT2D eigenvalue weighted by molar-refractivity contribution is -0.112. The zero-order valence-corrected chi connectivity index (χ0v) is 10.5. The molecule has 0 atom stereocenters. The molecule has 0 amide bonds. The fraction of sp³-hybridized carbons (Fsp3) is 0.643. The maximum absolute atomic E-state index is 13.1. The summed E-state index contributed by atoms with van der Waals surface area (Å²) in [5.41, 5.74) is 0. The maximum Gasteiger partial charge on any atom is 0.152 e. The number of hydrogen-bond donors (Lipinski definition) is 0. The standard InChI is InChI=1S/C14H23FO/c1-3-4-5-6-7-8-11-14(15)12-9-10-13(2)16/h9-10,12H,3-8,11H2,1-2H3/b10-9+,14-12+. The van der Waals surface area contributed by atoms with Gasteiger partial charge in [-0.25, -0.2) is 4.39 Å². The lowest BCUT2D eigenvalue weighted by Gasteiger charge is -1.98. The van der Waals surface area contributed by atoms with Crippen molar-refractivity contribution in [1.82, 2.24) is 0 Å². The topological polar surface area (TPSA) is 17.1 Å². The highest BCUT2D eigenvalue weighted by atomic mass is 19.1. The zero-order valence-electron chi connectivity index (χ0n) is 10.5. The van der Waals surface area contributed by atoms with Gasteiger partial charge in [0.25, 0.3) is 0 Å². The number of carbonyl (C=O) groups is 1. The van der Waals surface area contributed by atoms with Gasteiger partial charge in [-0.1, -0.05) is 45.1 Å². The van der Waals surface area contributed by atoms with Gasteiger partial charge in [-0.15, -0.1) is 0 Å². The average molecular weight is 226 g/mol. The molecule has 0 saturated carbocycles. The maximum atomic E-state index is 13.1. The minimum absolute atomic E-state index is 0.0522. The van der Waals surface area contributed by atoms with E-state index in [-0.39, 0.29) is 11.6 Å². The first-order chi connectivity index (χ1) is 7.66. The van der Waals surface area contributed by atoms with Gasteiger partial charge in [-0.2, -0.15) is 0 Å². The Morgan fingerprint density at radius 1 is 1.12 bits per heavy atom. The largest absolute Gasteiger partial charge is 0.295 e. The molecular weight excluding hydrogens is 203 g/mol. The molecule has 0 aliphatic heterocycles. The van der Waals surface area contributed by atoms with Crippen LogP contribution in [0.3, 0.4) is 0 Å². The molecule has 0 aromatic carbocycles. The Hall–Kier alpha value is -0.920. The minimum Gasteiger partial charge on any atom is -0.295 e. The summed E-state index contributed by atoms with van der Waals surface area (Å²) in [6.45, 7) is 3.64. The van der Waals surface area contributed by atoms with E-state index in [1.54, 1.807) is 0 Å². The average Bonchev–Trinajstić information content (AvgIpc) is 2.22. The fourth-order valence-electron chi connectivity index (χ4n) is 1.45. The van der Waals surface area contributed by atoms with Crippen molar-refractivity contribution in [2.24, 2.45) is 0 Å². The summed E-state index contributed by atoms with van der Waals surface area (Å²) in [6.07, 6.45) is 11.7. The van der Waals surface area contributed by atoms with Crippen molar-refractivity contribution < 1.29 is 9.18 Å². The quantitative estimate of drug-likeness (QED) is 0.315. The number of allylic oxidation sites excluding steroid dienone is 4. The Bertz CT molecular complexity index is 241. The van der Waals surface area contributed by atoms with Crippen molar-refractivity contribution in [3.05, 3.63) is 24.1 Å². The monoisotopic (exact) mass is 226 g/mol. The Labute approximate surface area is 98.4 Å². The van der Waals surface area contributed by atoms with Crippen LogP contribution in [0.1, 0.15) is 58.8 Å². The predicted molar refractivity (Wildman–Crippen MR) is 67.0 cm³/mol. The summed E-state index contributed by atoms with van der Waals surface area (Å²) < 4.78 is 13.1. The number of halogens is 1. The Kier molecular flexibility index (Phi) is 9.98. The molecule has 1 nitrogen and oxygen atoms in total. The summed E-state index contributed by atoms with van der Waals surface area (Å²) >= 11 is 0. The Balaban J connectivity index is 3.49. The van der Waals surface area contributed by atoms with Crippen molar-refractivity contribution in [2.45, 2.75) is 58.8 Å². The third-order valence-corrected chi connectivity index (χ3v) is 2.38. The van der Waals surface area contributed by atoms with E-state index in [9.17, 15) is 9.18 Å². The smallest absolute Gasteiger partial charge is 0.152 e. The summed E-state index contributed by atoms with van der Waals surface area (Å²) in [4.78, 5) is 10.5. The third kappa shape index (κ3) is 11.2. The minimum atomic E-state index is -0.131. The van der Waals surface area contributed by atoms with E-state index < -0.39 is 0 Å². The van der Waals surface area contributed by atoms with Crippen molar-refractivity contribution >= 4 is 5.78 Å². The van der Waals surface area contributed by atoms with Gasteiger partial charge in [0, 0.05) is 0 Å². The highest BCUT2D eigenvalue weighted by molar-refractivity contribution is 5.87. The first-order valence-corrected chi connectivity index (χ1v) is 6.20. The van der Waals surface area contributed by atoms with E-state index in [1.807, 2.05) is 0 Å². The van der Waals surface area contributed by atoms with Gasteiger partial charge in [0.2, 0.25) is 0 Å². The van der Waals surface area contributed by atoms with Gasteiger partial charge in [0.1, 0.15) is 0 Å². The van der Waals surface area contributed by atoms with Gasteiger partial charge in [-0.05, 0) is 31.9 Å². The molecule has 0 aromatic rings. The molecule has 16 heavy (non-hydrogen) atoms. The summed E-state index contributed by atoms with van der Waals surface area (Å²) in [6, 6.07) is 0. The first-order valence-electron chi connectivity index (χ1n) is 6.20. The molecule has 0 saturated heterocycles. The second-order valence-corrected chi connectivity index (χ2v) is 4.10. The number of carbonyl (C=O) groups excluding carboxylic acids is 1. The van der Waals surface area contributed by atoms with E-state index in [0.29, 0.717) is 6.42 Å². The molecule has 0 fully saturated rings. The first kappa shape index (κ1) is 15.1. The second-order valence-electron chi connectivity index (χ2n) is 4.10. The van der Waals surface area contributed by atoms with E-state index in [0.717, 1.165) is 12.8 Å². The molecule has 0 unspecified atom stereocenters. The van der Waals surface area contributed by atoms with Crippen LogP contribution in [0.15, 0.2) is 24.1 Å². The van der Waals surface area contributed by atoms with Crippen LogP contribution < -0.4 is 0 Å². The predicted octanol–water partition coefficient (Wildman–Crippen LogP) is 4.74. The van der Waals surface area contributed by atoms with Crippen LogP contribution in [0.5, 0.6) is 0 Å². The van der Waals surface area contributed by atoms with E-state index in [4.69, 9.17) is 0 Å². The molecule has 0 rings (SSSR count). The number of rotatable bonds is 9. The van der Waals surface area contributed by atoms with Gasteiger partial charge in [0.15, 0.2) is 5.78 Å². The van der Waals surface area contributed by atoms with Gasteiger partial charge in [-0.3, -0.25) is 4.79 Å². The number of ketones is 1. The molecule has 0 aliphatic carbocycles. The zero-order chi connectivity index (χ0) is 12.2. The normalized spacial score (nSPS) is 12.3. The highest BCUT2D eigenvalue weighted by Crippen LogP contribution is 2.12. The van der Waals surface area contributed by atoms with Gasteiger partial charge in [0.05, 0.1) is 5.83 Å². The van der Waals surface area contributed by atoms with E-state index >= 15 is 0 Å². The van der Waals surface area contributed by atoms with Crippen molar-refractivity contribution in [3.8, 4) is 0 Å². The fourth-order valence-corrected chi connectivity index (χ4v) is 1.45. The third-order valence-electron chi connectivity index (χ3n) is 2.38. The van der Waals surface area contributed by atoms with Crippen LogP contribution in [0.4, 0.5) is 4.39 Å². The molecular formula is C14H23FO. The van der Waals surface area contributed by atoms with Crippen LogP contribution in [-0.2, 0) is 4.79 Å². The number of unbranched alkanes of at least 4 members (excludes halogenated alkanes) is 5. The van der Waals surface area contributed by atoms with Gasteiger partial charge >= 0.3 is 0 Å². The summed E-state index contributed by atoms with van der Waals surface area (Å²) in [7, 11) is 0. The number of hydrogen-bond acceptors (Lipinski definition) is 1. The van der Waals surface area contributed by atoms with Crippen LogP contribution in [0.2, 0.25) is 0 Å². The molecule has 0 radical (unpaired) electrons. The molecule has 0 aliphatic rings. The molecule has 0 spiro atoms. The molecule has 0 bridgehead atoms. The van der Waals surface area contributed by atoms with Crippen LogP contribution in [0, 0.1) is 0 Å². The van der Waals surface area contributed by atoms with E-state index in [1.165, 1.54) is 50.8 Å². The highest BCUT2D eigenvalue weighted by Gasteiger charge is 1.94. The van der Waals surface area contributed by atoms with Crippen LogP contribution in [0.25, 0.3) is 0 Å². The van der Waals surface area contributed by atoms with Crippen LogP contribution in [-0.4, -0.2) is 5.78 Å². The van der Waals surface area contributed by atoms with Crippen molar-refractivity contribution in [3.63, 3.8) is 0 Å². The Morgan fingerprint density at radius 2 is 1.75 bits per heavy atom. The molecule has 0 heterocycles. The SMILES string of the molecule is CCCCCCCC/C(F)=C\C=C\C(C)=O. The Morgan fingerprint density at radius 3 is 2.38 bits per heavy atom. The van der Waals surface area contributed by atoms with Crippen molar-refractivity contribution in [1.29, 1.82) is 0 Å². The van der Waals surface area contributed by atoms with Gasteiger partial charge < -0.3 is 0 Å². The summed E-state index contributed by atoms with van der Waals surface area (Å²) in [5, 5.41) is 0. The summed E-state index contributed by atoms with van der Waals surface area (Å²) in [5.74, 6) is -0.184. The van der Waals surface area contributed by atoms with Crippen molar-refractivity contribution in [2.75, 3.05) is 0 Å². The van der Waals surface area contributed by atoms with E-state index in [2.05, 4.69) is 6.92 Å². The molecule has 0 N–H and O–H groups in total. The lowest BCUT2D eigenvalue weighted by Crippen LogP contribution is -1.81. The lowest BCUT2D eigenvalue weighted by atomic mass is 10.1. The molecule has 2 heteroatoms. The van der Waals surface area contributed by atoms with Crippen LogP contribution >= 0.6 is 0 Å².